The fraction of sp³-hybridized carbons (Fsp3) is 0.455. The molecule has 0 aliphatic heterocycles. The number of rotatable bonds is 6. The van der Waals surface area contributed by atoms with Gasteiger partial charge in [0.1, 0.15) is 5.82 Å². The molecule has 1 aromatic rings. The van der Waals surface area contributed by atoms with E-state index in [1.807, 2.05) is 6.92 Å². The zero-order chi connectivity index (χ0) is 13.7. The number of hydrogen-bond donors (Lipinski definition) is 1. The van der Waals surface area contributed by atoms with Crippen LogP contribution in [0, 0.1) is 21.7 Å². The number of nitro groups is 1. The van der Waals surface area contributed by atoms with Gasteiger partial charge in [-0.3, -0.25) is 10.1 Å². The number of nitro benzene ring substituents is 1. The summed E-state index contributed by atoms with van der Waals surface area (Å²) in [6.45, 7) is 2.17. The monoisotopic (exact) mass is 260 g/mol. The molecule has 1 rings (SSSR count). The molecule has 0 saturated carbocycles. The highest BCUT2D eigenvalue weighted by Gasteiger charge is 2.19. The van der Waals surface area contributed by atoms with Gasteiger partial charge in [-0.25, -0.2) is 4.39 Å². The van der Waals surface area contributed by atoms with Crippen molar-refractivity contribution in [1.82, 2.24) is 0 Å². The highest BCUT2D eigenvalue weighted by molar-refractivity contribution is 5.53. The number of benzene rings is 1. The van der Waals surface area contributed by atoms with E-state index < -0.39 is 22.2 Å². The van der Waals surface area contributed by atoms with Crippen molar-refractivity contribution in [2.45, 2.75) is 19.4 Å². The smallest absolute Gasteiger partial charge is 0.307 e. The SMILES string of the molecule is CCC(COC)Nc1cc([N+](=O)[O-])c(F)cc1F. The zero-order valence-electron chi connectivity index (χ0n) is 10.1. The van der Waals surface area contributed by atoms with E-state index in [1.54, 1.807) is 0 Å². The first-order chi connectivity index (χ1) is 8.49. The standard InChI is InChI=1S/C11H14F2N2O3/c1-3-7(6-18-2)14-10-5-11(15(16)17)9(13)4-8(10)12/h4-5,7,14H,3,6H2,1-2H3. The van der Waals surface area contributed by atoms with Crippen LogP contribution in [0.4, 0.5) is 20.2 Å². The summed E-state index contributed by atoms with van der Waals surface area (Å²) in [7, 11) is 1.49. The van der Waals surface area contributed by atoms with Crippen LogP contribution in [0.5, 0.6) is 0 Å². The zero-order valence-corrected chi connectivity index (χ0v) is 10.1. The maximum absolute atomic E-state index is 13.5. The number of ether oxygens (including phenoxy) is 1. The van der Waals surface area contributed by atoms with Crippen LogP contribution in [0.15, 0.2) is 12.1 Å². The molecule has 7 heteroatoms. The molecular weight excluding hydrogens is 246 g/mol. The predicted molar refractivity (Wildman–Crippen MR) is 62.6 cm³/mol. The van der Waals surface area contributed by atoms with Crippen LogP contribution < -0.4 is 5.32 Å². The third-order valence-electron chi connectivity index (χ3n) is 2.45. The molecule has 0 amide bonds. The molecule has 0 aliphatic rings. The summed E-state index contributed by atoms with van der Waals surface area (Å²) < 4.78 is 31.5. The fourth-order valence-corrected chi connectivity index (χ4v) is 1.47. The Morgan fingerprint density at radius 1 is 1.44 bits per heavy atom. The lowest BCUT2D eigenvalue weighted by atomic mass is 10.2. The molecule has 1 atom stereocenters. The molecule has 18 heavy (non-hydrogen) atoms. The summed E-state index contributed by atoms with van der Waals surface area (Å²) >= 11 is 0. The summed E-state index contributed by atoms with van der Waals surface area (Å²) in [6, 6.07) is 1.15. The van der Waals surface area contributed by atoms with Crippen molar-refractivity contribution in [2.75, 3.05) is 19.0 Å². The van der Waals surface area contributed by atoms with Gasteiger partial charge in [-0.05, 0) is 6.42 Å². The van der Waals surface area contributed by atoms with Crippen molar-refractivity contribution in [2.24, 2.45) is 0 Å². The van der Waals surface area contributed by atoms with Gasteiger partial charge in [0.15, 0.2) is 0 Å². The molecule has 0 bridgehead atoms. The van der Waals surface area contributed by atoms with Crippen LogP contribution >= 0.6 is 0 Å². The van der Waals surface area contributed by atoms with Gasteiger partial charge in [-0.1, -0.05) is 6.92 Å². The summed E-state index contributed by atoms with van der Waals surface area (Å²) in [4.78, 5) is 9.67. The van der Waals surface area contributed by atoms with Gasteiger partial charge in [0.05, 0.1) is 17.2 Å². The van der Waals surface area contributed by atoms with Crippen molar-refractivity contribution in [3.63, 3.8) is 0 Å². The Bertz CT molecular complexity index is 441. The van der Waals surface area contributed by atoms with Crippen LogP contribution in [-0.2, 0) is 4.74 Å². The first kappa shape index (κ1) is 14.3. The van der Waals surface area contributed by atoms with Crippen LogP contribution in [0.2, 0.25) is 0 Å². The molecule has 0 fully saturated rings. The normalized spacial score (nSPS) is 12.2. The van der Waals surface area contributed by atoms with E-state index in [2.05, 4.69) is 5.32 Å². The van der Waals surface area contributed by atoms with Gasteiger partial charge < -0.3 is 10.1 Å². The quantitative estimate of drug-likeness (QED) is 0.631. The van der Waals surface area contributed by atoms with Crippen molar-refractivity contribution < 1.29 is 18.4 Å². The lowest BCUT2D eigenvalue weighted by molar-refractivity contribution is -0.387. The van der Waals surface area contributed by atoms with Crippen molar-refractivity contribution in [3.8, 4) is 0 Å². The Balaban J connectivity index is 3.01. The second kappa shape index (κ2) is 6.25. The first-order valence-electron chi connectivity index (χ1n) is 5.38. The van der Waals surface area contributed by atoms with Gasteiger partial charge in [0.25, 0.3) is 0 Å². The highest BCUT2D eigenvalue weighted by atomic mass is 19.1. The molecular formula is C11H14F2N2O3. The number of nitrogens with zero attached hydrogens (tertiary/aromatic N) is 1. The van der Waals surface area contributed by atoms with Gasteiger partial charge in [-0.2, -0.15) is 4.39 Å². The predicted octanol–water partition coefficient (Wildman–Crippen LogP) is 2.71. The molecule has 1 unspecified atom stereocenters. The second-order valence-corrected chi connectivity index (χ2v) is 3.75. The van der Waals surface area contributed by atoms with Crippen molar-refractivity contribution >= 4 is 11.4 Å². The van der Waals surface area contributed by atoms with Crippen LogP contribution in [0.25, 0.3) is 0 Å². The molecule has 100 valence electrons. The Morgan fingerprint density at radius 2 is 2.11 bits per heavy atom. The van der Waals surface area contributed by atoms with E-state index in [0.717, 1.165) is 6.07 Å². The van der Waals surface area contributed by atoms with E-state index in [1.165, 1.54) is 7.11 Å². The first-order valence-corrected chi connectivity index (χ1v) is 5.38. The second-order valence-electron chi connectivity index (χ2n) is 3.75. The average molecular weight is 260 g/mol. The summed E-state index contributed by atoms with van der Waals surface area (Å²) in [5, 5.41) is 13.3. The molecule has 0 spiro atoms. The van der Waals surface area contributed by atoms with Crippen LogP contribution in [0.1, 0.15) is 13.3 Å². The molecule has 1 aromatic carbocycles. The van der Waals surface area contributed by atoms with Gasteiger partial charge in [-0.15, -0.1) is 0 Å². The lowest BCUT2D eigenvalue weighted by Gasteiger charge is -2.17. The topological polar surface area (TPSA) is 64.4 Å². The number of hydrogen-bond acceptors (Lipinski definition) is 4. The molecule has 0 radical (unpaired) electrons. The molecule has 1 N–H and O–H groups in total. The Labute approximate surface area is 103 Å². The number of halogens is 2. The van der Waals surface area contributed by atoms with Gasteiger partial charge in [0, 0.05) is 25.3 Å². The fourth-order valence-electron chi connectivity index (χ4n) is 1.47. The largest absolute Gasteiger partial charge is 0.383 e. The van der Waals surface area contributed by atoms with E-state index in [4.69, 9.17) is 4.74 Å². The average Bonchev–Trinajstić information content (AvgIpc) is 2.31. The summed E-state index contributed by atoms with van der Waals surface area (Å²) in [5.74, 6) is -2.06. The maximum atomic E-state index is 13.5. The third kappa shape index (κ3) is 3.36. The number of methoxy groups -OCH3 is 1. The molecule has 0 aromatic heterocycles. The molecule has 5 nitrogen and oxygen atoms in total. The molecule has 0 heterocycles. The minimum atomic E-state index is -1.19. The molecule has 0 aliphatic carbocycles. The van der Waals surface area contributed by atoms with E-state index in [0.29, 0.717) is 19.1 Å². The number of nitrogens with one attached hydrogen (secondary N) is 1. The minimum Gasteiger partial charge on any atom is -0.383 e. The molecule has 0 saturated heterocycles. The van der Waals surface area contributed by atoms with Gasteiger partial charge in [0.2, 0.25) is 5.82 Å². The van der Waals surface area contributed by atoms with Crippen LogP contribution in [-0.4, -0.2) is 24.7 Å². The Kier molecular flexibility index (Phi) is 4.96. The Morgan fingerprint density at radius 3 is 2.61 bits per heavy atom. The number of anilines is 1. The van der Waals surface area contributed by atoms with Crippen molar-refractivity contribution in [1.29, 1.82) is 0 Å². The minimum absolute atomic E-state index is 0.105. The maximum Gasteiger partial charge on any atom is 0.307 e. The van der Waals surface area contributed by atoms with Gasteiger partial charge >= 0.3 is 5.69 Å². The third-order valence-corrected chi connectivity index (χ3v) is 2.45. The Hall–Kier alpha value is -1.76. The van der Waals surface area contributed by atoms with E-state index in [-0.39, 0.29) is 11.7 Å². The van der Waals surface area contributed by atoms with Crippen LogP contribution in [0.3, 0.4) is 0 Å². The van der Waals surface area contributed by atoms with E-state index in [9.17, 15) is 18.9 Å². The lowest BCUT2D eigenvalue weighted by Crippen LogP contribution is -2.24. The summed E-state index contributed by atoms with van der Waals surface area (Å²) in [6.07, 6.45) is 0.637. The highest BCUT2D eigenvalue weighted by Crippen LogP contribution is 2.25. The summed E-state index contributed by atoms with van der Waals surface area (Å²) in [5.41, 5.74) is -0.863. The van der Waals surface area contributed by atoms with E-state index >= 15 is 0 Å². The van der Waals surface area contributed by atoms with Crippen molar-refractivity contribution in [3.05, 3.63) is 33.9 Å².